The van der Waals surface area contributed by atoms with E-state index < -0.39 is 4.92 Å². The van der Waals surface area contributed by atoms with Crippen molar-refractivity contribution in [2.45, 2.75) is 0 Å². The Morgan fingerprint density at radius 1 is 1.57 bits per heavy atom. The predicted octanol–water partition coefficient (Wildman–Crippen LogP) is 2.34. The van der Waals surface area contributed by atoms with Crippen molar-refractivity contribution < 1.29 is 9.66 Å². The van der Waals surface area contributed by atoms with Crippen molar-refractivity contribution in [1.29, 1.82) is 0 Å². The summed E-state index contributed by atoms with van der Waals surface area (Å²) in [6.45, 7) is 0.572. The highest BCUT2D eigenvalue weighted by Gasteiger charge is 2.05. The number of nitro benzene ring substituents is 1. The van der Waals surface area contributed by atoms with Crippen LogP contribution in [0.5, 0.6) is 5.75 Å². The number of ether oxygens (including phenoxy) is 1. The van der Waals surface area contributed by atoms with Gasteiger partial charge in [0.1, 0.15) is 5.75 Å². The van der Waals surface area contributed by atoms with Crippen LogP contribution in [0.4, 0.5) is 5.69 Å². The molecule has 0 fully saturated rings. The highest BCUT2D eigenvalue weighted by atomic mass is 32.2. The van der Waals surface area contributed by atoms with Crippen LogP contribution in [-0.4, -0.2) is 23.5 Å². The van der Waals surface area contributed by atoms with Crippen LogP contribution in [0.3, 0.4) is 0 Å². The van der Waals surface area contributed by atoms with Gasteiger partial charge in [-0.15, -0.1) is 0 Å². The molecule has 0 saturated carbocycles. The number of rotatable bonds is 5. The Hall–Kier alpha value is -1.23. The Labute approximate surface area is 86.4 Å². The van der Waals surface area contributed by atoms with Crippen molar-refractivity contribution in [2.24, 2.45) is 0 Å². The van der Waals surface area contributed by atoms with Crippen LogP contribution in [0.15, 0.2) is 24.3 Å². The zero-order valence-electron chi connectivity index (χ0n) is 7.80. The first kappa shape index (κ1) is 10.8. The zero-order valence-corrected chi connectivity index (χ0v) is 8.62. The number of nitrogens with zero attached hydrogens (tertiary/aromatic N) is 1. The van der Waals surface area contributed by atoms with E-state index in [1.54, 1.807) is 23.9 Å². The van der Waals surface area contributed by atoms with Crippen molar-refractivity contribution in [1.82, 2.24) is 0 Å². The molecule has 0 aliphatic carbocycles. The van der Waals surface area contributed by atoms with Gasteiger partial charge < -0.3 is 4.74 Å². The van der Waals surface area contributed by atoms with E-state index in [1.165, 1.54) is 12.1 Å². The van der Waals surface area contributed by atoms with Crippen LogP contribution >= 0.6 is 11.8 Å². The van der Waals surface area contributed by atoms with Gasteiger partial charge >= 0.3 is 0 Å². The topological polar surface area (TPSA) is 52.4 Å². The van der Waals surface area contributed by atoms with Crippen LogP contribution in [0.1, 0.15) is 0 Å². The first-order valence-electron chi connectivity index (χ1n) is 4.10. The lowest BCUT2D eigenvalue weighted by Gasteiger charge is -2.03. The Kier molecular flexibility index (Phi) is 4.25. The van der Waals surface area contributed by atoms with E-state index >= 15 is 0 Å². The molecule has 5 heteroatoms. The zero-order chi connectivity index (χ0) is 10.4. The summed E-state index contributed by atoms with van der Waals surface area (Å²) in [4.78, 5) is 10.00. The molecular formula is C9H11NO3S. The molecule has 4 nitrogen and oxygen atoms in total. The van der Waals surface area contributed by atoms with Crippen molar-refractivity contribution in [2.75, 3.05) is 18.6 Å². The van der Waals surface area contributed by atoms with Gasteiger partial charge in [0.25, 0.3) is 5.69 Å². The highest BCUT2D eigenvalue weighted by molar-refractivity contribution is 7.98. The van der Waals surface area contributed by atoms with Gasteiger partial charge in [0.05, 0.1) is 17.6 Å². The molecule has 0 bridgehead atoms. The van der Waals surface area contributed by atoms with Gasteiger partial charge in [-0.05, 0) is 12.3 Å². The molecule has 1 aromatic rings. The lowest BCUT2D eigenvalue weighted by Crippen LogP contribution is -1.99. The maximum absolute atomic E-state index is 10.4. The normalized spacial score (nSPS) is 9.79. The fraction of sp³-hybridized carbons (Fsp3) is 0.333. The van der Waals surface area contributed by atoms with E-state index in [1.807, 2.05) is 6.26 Å². The molecular weight excluding hydrogens is 202 g/mol. The Bertz CT molecular complexity index is 317. The second kappa shape index (κ2) is 5.49. The number of thioether (sulfide) groups is 1. The minimum Gasteiger partial charge on any atom is -0.492 e. The first-order valence-corrected chi connectivity index (χ1v) is 5.49. The monoisotopic (exact) mass is 213 g/mol. The average molecular weight is 213 g/mol. The molecule has 0 unspecified atom stereocenters. The second-order valence-corrected chi connectivity index (χ2v) is 3.58. The average Bonchev–Trinajstić information content (AvgIpc) is 2.19. The summed E-state index contributed by atoms with van der Waals surface area (Å²) in [6, 6.07) is 6.21. The van der Waals surface area contributed by atoms with Gasteiger partial charge in [0.15, 0.2) is 0 Å². The van der Waals surface area contributed by atoms with E-state index in [9.17, 15) is 10.1 Å². The Morgan fingerprint density at radius 2 is 2.36 bits per heavy atom. The maximum atomic E-state index is 10.4. The van der Waals surface area contributed by atoms with Crippen molar-refractivity contribution in [3.8, 4) is 5.75 Å². The molecule has 0 saturated heterocycles. The molecule has 76 valence electrons. The smallest absolute Gasteiger partial charge is 0.273 e. The number of nitro groups is 1. The van der Waals surface area contributed by atoms with Crippen LogP contribution in [0, 0.1) is 10.1 Å². The van der Waals surface area contributed by atoms with E-state index in [0.717, 1.165) is 5.75 Å². The van der Waals surface area contributed by atoms with Crippen LogP contribution < -0.4 is 4.74 Å². The number of hydrogen-bond acceptors (Lipinski definition) is 4. The van der Waals surface area contributed by atoms with E-state index in [0.29, 0.717) is 12.4 Å². The summed E-state index contributed by atoms with van der Waals surface area (Å²) in [5, 5.41) is 10.4. The molecule has 0 aliphatic heterocycles. The Balaban J connectivity index is 2.59. The fourth-order valence-electron chi connectivity index (χ4n) is 0.930. The third kappa shape index (κ3) is 3.26. The summed E-state index contributed by atoms with van der Waals surface area (Å²) < 4.78 is 5.31. The maximum Gasteiger partial charge on any atom is 0.273 e. The van der Waals surface area contributed by atoms with E-state index in [4.69, 9.17) is 4.74 Å². The SMILES string of the molecule is CSCCOc1cccc([N+](=O)[O-])c1. The lowest BCUT2D eigenvalue weighted by atomic mass is 10.3. The molecule has 0 aromatic heterocycles. The summed E-state index contributed by atoms with van der Waals surface area (Å²) in [5.74, 6) is 1.43. The summed E-state index contributed by atoms with van der Waals surface area (Å²) in [5.41, 5.74) is 0.0617. The quantitative estimate of drug-likeness (QED) is 0.428. The van der Waals surface area contributed by atoms with Crippen LogP contribution in [0.25, 0.3) is 0 Å². The first-order chi connectivity index (χ1) is 6.74. The van der Waals surface area contributed by atoms with Crippen LogP contribution in [0.2, 0.25) is 0 Å². The predicted molar refractivity (Wildman–Crippen MR) is 57.0 cm³/mol. The molecule has 0 amide bonds. The number of hydrogen-bond donors (Lipinski definition) is 0. The standard InChI is InChI=1S/C9H11NO3S/c1-14-6-5-13-9-4-2-3-8(7-9)10(11)12/h2-4,7H,5-6H2,1H3. The molecule has 0 radical (unpaired) electrons. The van der Waals surface area contributed by atoms with Crippen molar-refractivity contribution in [3.05, 3.63) is 34.4 Å². The molecule has 1 rings (SSSR count). The minimum absolute atomic E-state index is 0.0617. The van der Waals surface area contributed by atoms with Gasteiger partial charge in [-0.25, -0.2) is 0 Å². The molecule has 0 N–H and O–H groups in total. The third-order valence-corrected chi connectivity index (χ3v) is 2.16. The molecule has 0 spiro atoms. The minimum atomic E-state index is -0.429. The molecule has 0 aliphatic rings. The van der Waals surface area contributed by atoms with Gasteiger partial charge in [-0.1, -0.05) is 6.07 Å². The van der Waals surface area contributed by atoms with Gasteiger partial charge in [-0.3, -0.25) is 10.1 Å². The van der Waals surface area contributed by atoms with E-state index in [2.05, 4.69) is 0 Å². The van der Waals surface area contributed by atoms with E-state index in [-0.39, 0.29) is 5.69 Å². The third-order valence-electron chi connectivity index (χ3n) is 1.58. The Morgan fingerprint density at radius 3 is 3.00 bits per heavy atom. The van der Waals surface area contributed by atoms with Gasteiger partial charge in [0, 0.05) is 11.8 Å². The second-order valence-electron chi connectivity index (χ2n) is 2.60. The van der Waals surface area contributed by atoms with Crippen molar-refractivity contribution >= 4 is 17.4 Å². The summed E-state index contributed by atoms with van der Waals surface area (Å²) in [6.07, 6.45) is 1.98. The fourth-order valence-corrected chi connectivity index (χ4v) is 1.18. The molecule has 0 heterocycles. The number of non-ortho nitro benzene ring substituents is 1. The summed E-state index contributed by atoms with van der Waals surface area (Å²) in [7, 11) is 0. The van der Waals surface area contributed by atoms with Gasteiger partial charge in [0.2, 0.25) is 0 Å². The molecule has 1 aromatic carbocycles. The molecule has 14 heavy (non-hydrogen) atoms. The highest BCUT2D eigenvalue weighted by Crippen LogP contribution is 2.18. The number of benzene rings is 1. The lowest BCUT2D eigenvalue weighted by molar-refractivity contribution is -0.384. The largest absolute Gasteiger partial charge is 0.492 e. The van der Waals surface area contributed by atoms with Crippen molar-refractivity contribution in [3.63, 3.8) is 0 Å². The molecule has 0 atom stereocenters. The van der Waals surface area contributed by atoms with Crippen LogP contribution in [-0.2, 0) is 0 Å². The van der Waals surface area contributed by atoms with Gasteiger partial charge in [-0.2, -0.15) is 11.8 Å². The summed E-state index contributed by atoms with van der Waals surface area (Å²) >= 11 is 1.67.